The average Bonchev–Trinajstić information content (AvgIpc) is 2.81. The minimum atomic E-state index is -0.0160. The van der Waals surface area contributed by atoms with Crippen molar-refractivity contribution in [1.29, 1.82) is 0 Å². The molecule has 2 fully saturated rings. The highest BCUT2D eigenvalue weighted by Gasteiger charge is 2.38. The summed E-state index contributed by atoms with van der Waals surface area (Å²) >= 11 is 0. The first-order valence-electron chi connectivity index (χ1n) is 9.28. The lowest BCUT2D eigenvalue weighted by molar-refractivity contribution is 0.0491. The first kappa shape index (κ1) is 17.2. The Bertz CT molecular complexity index is 289. The van der Waals surface area contributed by atoms with Gasteiger partial charge in [-0.3, -0.25) is 0 Å². The summed E-state index contributed by atoms with van der Waals surface area (Å²) in [5.74, 6) is 0. The SMILES string of the molecule is CCCNC1(CO)CCCC(N(C)C2CCCCCC2)C1. The molecule has 2 saturated carbocycles. The van der Waals surface area contributed by atoms with E-state index in [0.29, 0.717) is 12.6 Å². The number of nitrogens with one attached hydrogen (secondary N) is 1. The molecule has 0 saturated heterocycles. The van der Waals surface area contributed by atoms with Gasteiger partial charge in [0.1, 0.15) is 0 Å². The summed E-state index contributed by atoms with van der Waals surface area (Å²) in [4.78, 5) is 2.67. The Morgan fingerprint density at radius 3 is 2.33 bits per heavy atom. The van der Waals surface area contributed by atoms with Crippen LogP contribution in [0.5, 0.6) is 0 Å². The summed E-state index contributed by atoms with van der Waals surface area (Å²) in [5, 5.41) is 13.6. The first-order chi connectivity index (χ1) is 10.2. The van der Waals surface area contributed by atoms with Gasteiger partial charge >= 0.3 is 0 Å². The molecule has 0 heterocycles. The average molecular weight is 296 g/mol. The molecule has 3 nitrogen and oxygen atoms in total. The van der Waals surface area contributed by atoms with Crippen molar-refractivity contribution in [3.63, 3.8) is 0 Å². The molecule has 0 aromatic rings. The van der Waals surface area contributed by atoms with Crippen molar-refractivity contribution < 1.29 is 5.11 Å². The molecule has 2 unspecified atom stereocenters. The van der Waals surface area contributed by atoms with Crippen LogP contribution in [0.2, 0.25) is 0 Å². The van der Waals surface area contributed by atoms with Crippen molar-refractivity contribution in [2.75, 3.05) is 20.2 Å². The molecule has 124 valence electrons. The summed E-state index contributed by atoms with van der Waals surface area (Å²) < 4.78 is 0. The van der Waals surface area contributed by atoms with Crippen LogP contribution >= 0.6 is 0 Å². The van der Waals surface area contributed by atoms with Gasteiger partial charge in [0, 0.05) is 17.6 Å². The van der Waals surface area contributed by atoms with Crippen LogP contribution in [0.25, 0.3) is 0 Å². The third-order valence-corrected chi connectivity index (χ3v) is 5.85. The zero-order chi connectivity index (χ0) is 15.1. The molecule has 2 aliphatic carbocycles. The van der Waals surface area contributed by atoms with Crippen LogP contribution < -0.4 is 5.32 Å². The fourth-order valence-corrected chi connectivity index (χ4v) is 4.39. The number of nitrogens with zero attached hydrogens (tertiary/aromatic N) is 1. The Hall–Kier alpha value is -0.120. The number of rotatable bonds is 6. The summed E-state index contributed by atoms with van der Waals surface area (Å²) in [6.07, 6.45) is 14.4. The lowest BCUT2D eigenvalue weighted by Crippen LogP contribution is -2.56. The van der Waals surface area contributed by atoms with Gasteiger partial charge in [0.15, 0.2) is 0 Å². The van der Waals surface area contributed by atoms with Crippen molar-refractivity contribution in [3.8, 4) is 0 Å². The second-order valence-corrected chi connectivity index (χ2v) is 7.43. The minimum Gasteiger partial charge on any atom is -0.394 e. The first-order valence-corrected chi connectivity index (χ1v) is 9.28. The highest BCUT2D eigenvalue weighted by Crippen LogP contribution is 2.33. The summed E-state index contributed by atoms with van der Waals surface area (Å²) in [6.45, 7) is 3.53. The number of aliphatic hydroxyl groups is 1. The maximum Gasteiger partial charge on any atom is 0.0613 e. The van der Waals surface area contributed by atoms with E-state index in [-0.39, 0.29) is 5.54 Å². The fourth-order valence-electron chi connectivity index (χ4n) is 4.39. The molecule has 21 heavy (non-hydrogen) atoms. The lowest BCUT2D eigenvalue weighted by Gasteiger charge is -2.45. The van der Waals surface area contributed by atoms with Crippen LogP contribution in [0.15, 0.2) is 0 Å². The van der Waals surface area contributed by atoms with E-state index >= 15 is 0 Å². The molecule has 0 bridgehead atoms. The molecule has 0 amide bonds. The second-order valence-electron chi connectivity index (χ2n) is 7.43. The Morgan fingerprint density at radius 1 is 1.05 bits per heavy atom. The van der Waals surface area contributed by atoms with Gasteiger partial charge in [-0.15, -0.1) is 0 Å². The van der Waals surface area contributed by atoms with Gasteiger partial charge in [-0.2, -0.15) is 0 Å². The van der Waals surface area contributed by atoms with E-state index in [0.717, 1.165) is 31.8 Å². The topological polar surface area (TPSA) is 35.5 Å². The fraction of sp³-hybridized carbons (Fsp3) is 1.00. The predicted octanol–water partition coefficient (Wildman–Crippen LogP) is 3.31. The third kappa shape index (κ3) is 4.67. The van der Waals surface area contributed by atoms with E-state index < -0.39 is 0 Å². The molecule has 0 spiro atoms. The monoisotopic (exact) mass is 296 g/mol. The number of aliphatic hydroxyl groups excluding tert-OH is 1. The van der Waals surface area contributed by atoms with Crippen LogP contribution in [0.1, 0.15) is 77.6 Å². The van der Waals surface area contributed by atoms with Gasteiger partial charge in [-0.25, -0.2) is 0 Å². The van der Waals surface area contributed by atoms with Gasteiger partial charge < -0.3 is 15.3 Å². The molecule has 2 N–H and O–H groups in total. The maximum atomic E-state index is 9.94. The molecule has 2 aliphatic rings. The zero-order valence-electron chi connectivity index (χ0n) is 14.2. The van der Waals surface area contributed by atoms with Crippen LogP contribution in [-0.4, -0.2) is 47.8 Å². The van der Waals surface area contributed by atoms with Crippen molar-refractivity contribution in [2.24, 2.45) is 0 Å². The summed E-state index contributed by atoms with van der Waals surface area (Å²) in [5.41, 5.74) is -0.0160. The Kier molecular flexibility index (Phi) is 6.97. The predicted molar refractivity (Wildman–Crippen MR) is 89.6 cm³/mol. The van der Waals surface area contributed by atoms with E-state index in [1.807, 2.05) is 0 Å². The molecule has 0 aliphatic heterocycles. The van der Waals surface area contributed by atoms with E-state index in [1.54, 1.807) is 0 Å². The van der Waals surface area contributed by atoms with E-state index in [9.17, 15) is 5.11 Å². The summed E-state index contributed by atoms with van der Waals surface area (Å²) in [7, 11) is 2.34. The molecule has 2 atom stereocenters. The molecular formula is C18H36N2O. The van der Waals surface area contributed by atoms with Crippen LogP contribution in [0.4, 0.5) is 0 Å². The Morgan fingerprint density at radius 2 is 1.71 bits per heavy atom. The van der Waals surface area contributed by atoms with Gasteiger partial charge in [0.2, 0.25) is 0 Å². The van der Waals surface area contributed by atoms with Gasteiger partial charge in [-0.05, 0) is 58.5 Å². The molecule has 0 aromatic carbocycles. The van der Waals surface area contributed by atoms with E-state index in [2.05, 4.69) is 24.2 Å². The minimum absolute atomic E-state index is 0.0160. The van der Waals surface area contributed by atoms with E-state index in [1.165, 1.54) is 51.4 Å². The zero-order valence-corrected chi connectivity index (χ0v) is 14.2. The van der Waals surface area contributed by atoms with Crippen LogP contribution in [0, 0.1) is 0 Å². The quantitative estimate of drug-likeness (QED) is 0.738. The highest BCUT2D eigenvalue weighted by atomic mass is 16.3. The highest BCUT2D eigenvalue weighted by molar-refractivity contribution is 4.97. The lowest BCUT2D eigenvalue weighted by atomic mass is 9.78. The second kappa shape index (κ2) is 8.50. The molecule has 0 radical (unpaired) electrons. The third-order valence-electron chi connectivity index (χ3n) is 5.85. The maximum absolute atomic E-state index is 9.94. The van der Waals surface area contributed by atoms with Crippen molar-refractivity contribution >= 4 is 0 Å². The van der Waals surface area contributed by atoms with Crippen molar-refractivity contribution in [3.05, 3.63) is 0 Å². The molecular weight excluding hydrogens is 260 g/mol. The molecule has 0 aromatic heterocycles. The van der Waals surface area contributed by atoms with Gasteiger partial charge in [0.25, 0.3) is 0 Å². The van der Waals surface area contributed by atoms with Crippen molar-refractivity contribution in [1.82, 2.24) is 10.2 Å². The normalized spacial score (nSPS) is 32.3. The largest absolute Gasteiger partial charge is 0.394 e. The molecule has 3 heteroatoms. The summed E-state index contributed by atoms with van der Waals surface area (Å²) in [6, 6.07) is 1.43. The molecule has 2 rings (SSSR count). The van der Waals surface area contributed by atoms with Gasteiger partial charge in [-0.1, -0.05) is 32.6 Å². The number of hydrogen-bond donors (Lipinski definition) is 2. The van der Waals surface area contributed by atoms with Crippen LogP contribution in [-0.2, 0) is 0 Å². The smallest absolute Gasteiger partial charge is 0.0613 e. The van der Waals surface area contributed by atoms with Crippen molar-refractivity contribution in [2.45, 2.75) is 95.2 Å². The number of hydrogen-bond acceptors (Lipinski definition) is 3. The van der Waals surface area contributed by atoms with Crippen LogP contribution in [0.3, 0.4) is 0 Å². The van der Waals surface area contributed by atoms with Gasteiger partial charge in [0.05, 0.1) is 6.61 Å². The Labute approximate surface area is 131 Å². The van der Waals surface area contributed by atoms with E-state index in [4.69, 9.17) is 0 Å². The Balaban J connectivity index is 1.94. The standard InChI is InChI=1S/C18H36N2O/c1-3-13-19-18(15-21)12-8-11-17(14-18)20(2)16-9-6-4-5-7-10-16/h16-17,19,21H,3-15H2,1-2H3.